The van der Waals surface area contributed by atoms with Crippen LogP contribution in [-0.2, 0) is 0 Å². The van der Waals surface area contributed by atoms with Gasteiger partial charge in [-0.2, -0.15) is 17.6 Å². The van der Waals surface area contributed by atoms with E-state index in [1.807, 2.05) is 0 Å². The minimum Gasteiger partial charge on any atom is -0.427 e. The molecule has 5 heteroatoms. The van der Waals surface area contributed by atoms with Crippen molar-refractivity contribution in [3.05, 3.63) is 48.0 Å². The molecule has 0 radical (unpaired) electrons. The highest BCUT2D eigenvalue weighted by atomic mass is 19.3. The van der Waals surface area contributed by atoms with E-state index in [1.165, 1.54) is 12.1 Å². The van der Waals surface area contributed by atoms with E-state index in [9.17, 15) is 17.6 Å². The highest BCUT2D eigenvalue weighted by molar-refractivity contribution is 5.96. The molecule has 0 aromatic heterocycles. The van der Waals surface area contributed by atoms with Crippen LogP contribution in [-0.4, -0.2) is 6.11 Å². The van der Waals surface area contributed by atoms with Crippen LogP contribution in [0.3, 0.4) is 0 Å². The second-order valence-electron chi connectivity index (χ2n) is 3.92. The molecule has 0 aliphatic carbocycles. The van der Waals surface area contributed by atoms with Crippen LogP contribution in [0.4, 0.5) is 17.6 Å². The molecular weight excluding hydrogens is 248 g/mol. The molecule has 1 aliphatic rings. The number of fused-ring (bicyclic) bond motifs is 3. The van der Waals surface area contributed by atoms with Gasteiger partial charge in [0.1, 0.15) is 11.3 Å². The molecule has 0 N–H and O–H groups in total. The Labute approximate surface area is 99.3 Å². The van der Waals surface area contributed by atoms with Crippen LogP contribution in [0.15, 0.2) is 42.5 Å². The molecule has 18 heavy (non-hydrogen) atoms. The zero-order chi connectivity index (χ0) is 12.9. The summed E-state index contributed by atoms with van der Waals surface area (Å²) in [5.41, 5.74) is -1.60. The van der Waals surface area contributed by atoms with Crippen molar-refractivity contribution < 1.29 is 22.3 Å². The van der Waals surface area contributed by atoms with E-state index in [2.05, 4.69) is 4.74 Å². The lowest BCUT2D eigenvalue weighted by Crippen LogP contribution is -2.20. The summed E-state index contributed by atoms with van der Waals surface area (Å²) in [6, 6.07) is 9.37. The third kappa shape index (κ3) is 1.40. The zero-order valence-corrected chi connectivity index (χ0v) is 8.88. The maximum atomic E-state index is 13.4. The van der Waals surface area contributed by atoms with Crippen molar-refractivity contribution in [2.24, 2.45) is 0 Å². The van der Waals surface area contributed by atoms with E-state index >= 15 is 0 Å². The second kappa shape index (κ2) is 3.48. The molecule has 92 valence electrons. The fourth-order valence-electron chi connectivity index (χ4n) is 2.10. The summed E-state index contributed by atoms with van der Waals surface area (Å²) in [7, 11) is 0. The monoisotopic (exact) mass is 254 g/mol. The molecule has 0 bridgehead atoms. The fraction of sp³-hybridized carbons (Fsp3) is 0.0769. The molecular formula is C13H6F4O. The van der Waals surface area contributed by atoms with E-state index in [0.717, 1.165) is 0 Å². The van der Waals surface area contributed by atoms with Crippen LogP contribution in [0.5, 0.6) is 5.75 Å². The second-order valence-corrected chi connectivity index (χ2v) is 3.92. The Balaban J connectivity index is 2.38. The summed E-state index contributed by atoms with van der Waals surface area (Å²) < 4.78 is 56.5. The summed E-state index contributed by atoms with van der Waals surface area (Å²) in [6.45, 7) is 0. The fourth-order valence-corrected chi connectivity index (χ4v) is 2.10. The molecule has 1 heterocycles. The number of hydrogen-bond acceptors (Lipinski definition) is 1. The normalized spacial score (nSPS) is 16.6. The van der Waals surface area contributed by atoms with Gasteiger partial charge in [-0.15, -0.1) is 0 Å². The number of alkyl halides is 2. The predicted octanol–water partition coefficient (Wildman–Crippen LogP) is 4.43. The zero-order valence-electron chi connectivity index (χ0n) is 8.88. The Morgan fingerprint density at radius 2 is 1.72 bits per heavy atom. The first-order valence-corrected chi connectivity index (χ1v) is 5.15. The molecule has 3 rings (SSSR count). The Kier molecular flexibility index (Phi) is 2.14. The van der Waals surface area contributed by atoms with Crippen molar-refractivity contribution in [3.8, 4) is 5.75 Å². The summed E-state index contributed by atoms with van der Waals surface area (Å²) in [5.74, 6) is -0.194. The summed E-state index contributed by atoms with van der Waals surface area (Å²) >= 11 is 0. The van der Waals surface area contributed by atoms with E-state index in [-0.39, 0.29) is 11.3 Å². The van der Waals surface area contributed by atoms with E-state index in [0.29, 0.717) is 10.8 Å². The number of ether oxygens (including phenoxy) is 1. The van der Waals surface area contributed by atoms with Gasteiger partial charge in [-0.1, -0.05) is 30.3 Å². The van der Waals surface area contributed by atoms with E-state index in [1.54, 1.807) is 24.3 Å². The Hall–Kier alpha value is -2.04. The van der Waals surface area contributed by atoms with Crippen LogP contribution in [0.1, 0.15) is 5.56 Å². The molecule has 0 fully saturated rings. The van der Waals surface area contributed by atoms with Gasteiger partial charge >= 0.3 is 6.11 Å². The topological polar surface area (TPSA) is 9.23 Å². The molecule has 2 aromatic carbocycles. The van der Waals surface area contributed by atoms with Crippen LogP contribution in [0, 0.1) is 0 Å². The van der Waals surface area contributed by atoms with Crippen LogP contribution >= 0.6 is 0 Å². The molecule has 0 spiro atoms. The Morgan fingerprint density at radius 3 is 2.44 bits per heavy atom. The van der Waals surface area contributed by atoms with Crippen molar-refractivity contribution in [1.29, 1.82) is 0 Å². The van der Waals surface area contributed by atoms with Gasteiger partial charge < -0.3 is 4.74 Å². The van der Waals surface area contributed by atoms with Crippen LogP contribution < -0.4 is 4.74 Å². The van der Waals surface area contributed by atoms with Crippen molar-refractivity contribution in [3.63, 3.8) is 0 Å². The highest BCUT2D eigenvalue weighted by Gasteiger charge is 2.49. The minimum absolute atomic E-state index is 0.194. The van der Waals surface area contributed by atoms with Crippen molar-refractivity contribution in [2.75, 3.05) is 0 Å². The number of benzene rings is 2. The molecule has 0 unspecified atom stereocenters. The first-order chi connectivity index (χ1) is 8.50. The van der Waals surface area contributed by atoms with Gasteiger partial charge in [0.15, 0.2) is 0 Å². The first-order valence-electron chi connectivity index (χ1n) is 5.15. The maximum absolute atomic E-state index is 13.4. The van der Waals surface area contributed by atoms with E-state index < -0.39 is 17.8 Å². The maximum Gasteiger partial charge on any atom is 0.432 e. The third-order valence-corrected chi connectivity index (χ3v) is 2.86. The molecule has 0 amide bonds. The standard InChI is InChI=1S/C13H6F4O/c14-12(15)10-9-6-5-7-3-1-2-4-8(7)11(9)18-13(10,16)17/h1-6H. The van der Waals surface area contributed by atoms with Crippen LogP contribution in [0.2, 0.25) is 0 Å². The summed E-state index contributed by atoms with van der Waals surface area (Å²) in [4.78, 5) is 0. The summed E-state index contributed by atoms with van der Waals surface area (Å²) in [5, 5.41) is 1.05. The van der Waals surface area contributed by atoms with Crippen molar-refractivity contribution in [1.82, 2.24) is 0 Å². The smallest absolute Gasteiger partial charge is 0.427 e. The van der Waals surface area contributed by atoms with Gasteiger partial charge in [0.25, 0.3) is 6.08 Å². The summed E-state index contributed by atoms with van der Waals surface area (Å²) in [6.07, 6.45) is -6.40. The molecule has 1 aliphatic heterocycles. The molecule has 0 atom stereocenters. The number of halogens is 4. The van der Waals surface area contributed by atoms with E-state index in [4.69, 9.17) is 0 Å². The molecule has 1 nitrogen and oxygen atoms in total. The lowest BCUT2D eigenvalue weighted by Gasteiger charge is -2.09. The van der Waals surface area contributed by atoms with Gasteiger partial charge in [-0.25, -0.2) is 0 Å². The molecule has 2 aromatic rings. The SMILES string of the molecule is FC(F)=C1c2ccc3ccccc3c2OC1(F)F. The van der Waals surface area contributed by atoms with Crippen molar-refractivity contribution >= 4 is 16.3 Å². The van der Waals surface area contributed by atoms with Gasteiger partial charge in [0, 0.05) is 10.9 Å². The predicted molar refractivity (Wildman–Crippen MR) is 58.7 cm³/mol. The number of rotatable bonds is 0. The lowest BCUT2D eigenvalue weighted by molar-refractivity contribution is -0.112. The van der Waals surface area contributed by atoms with Gasteiger partial charge in [-0.3, -0.25) is 0 Å². The van der Waals surface area contributed by atoms with Gasteiger partial charge in [0.2, 0.25) is 0 Å². The first kappa shape index (κ1) is 11.1. The largest absolute Gasteiger partial charge is 0.432 e. The highest BCUT2D eigenvalue weighted by Crippen LogP contribution is 2.50. The molecule has 0 saturated heterocycles. The Morgan fingerprint density at radius 1 is 1.00 bits per heavy atom. The lowest BCUT2D eigenvalue weighted by atomic mass is 10.0. The Bertz CT molecular complexity index is 672. The average Bonchev–Trinajstić information content (AvgIpc) is 2.59. The van der Waals surface area contributed by atoms with Crippen molar-refractivity contribution in [2.45, 2.75) is 6.11 Å². The van der Waals surface area contributed by atoms with Gasteiger partial charge in [0.05, 0.1) is 0 Å². The number of hydrogen-bond donors (Lipinski definition) is 0. The van der Waals surface area contributed by atoms with Gasteiger partial charge in [-0.05, 0) is 11.5 Å². The molecule has 0 saturated carbocycles. The quantitative estimate of drug-likeness (QED) is 0.632. The average molecular weight is 254 g/mol. The third-order valence-electron chi connectivity index (χ3n) is 2.86. The van der Waals surface area contributed by atoms with Crippen LogP contribution in [0.25, 0.3) is 16.3 Å². The minimum atomic E-state index is -3.98.